The number of aromatic hydroxyl groups is 1. The van der Waals surface area contributed by atoms with E-state index in [9.17, 15) is 9.90 Å². The maximum atomic E-state index is 12.5. The summed E-state index contributed by atoms with van der Waals surface area (Å²) in [6, 6.07) is 13.9. The second kappa shape index (κ2) is 6.79. The van der Waals surface area contributed by atoms with Gasteiger partial charge in [-0.1, -0.05) is 19.1 Å². The maximum Gasteiger partial charge on any atom is 0.254 e. The van der Waals surface area contributed by atoms with Gasteiger partial charge in [0.05, 0.1) is 0 Å². The fraction of sp³-hybridized carbons (Fsp3) is 0.235. The number of nitrogen functional groups attached to an aromatic ring is 1. The number of nitrogens with zero attached hydrogens (tertiary/aromatic N) is 1. The standard InChI is InChI=1S/C17H20N2O2/c1-2-11-19(12-13-3-7-15(18)8-4-13)17(21)14-5-9-16(20)10-6-14/h3-10,20H,2,11-12,18H2,1H3. The van der Waals surface area contributed by atoms with Crippen molar-refractivity contribution in [2.75, 3.05) is 12.3 Å². The molecule has 0 aliphatic heterocycles. The normalized spacial score (nSPS) is 10.3. The molecule has 0 aliphatic carbocycles. The van der Waals surface area contributed by atoms with E-state index >= 15 is 0 Å². The Morgan fingerprint density at radius 1 is 1.10 bits per heavy atom. The number of phenolic OH excluding ortho intramolecular Hbond substituents is 1. The van der Waals surface area contributed by atoms with Crippen LogP contribution in [0, 0.1) is 0 Å². The molecule has 4 heteroatoms. The van der Waals surface area contributed by atoms with Gasteiger partial charge in [-0.05, 0) is 48.4 Å². The van der Waals surface area contributed by atoms with Crippen molar-refractivity contribution in [1.82, 2.24) is 4.90 Å². The molecule has 0 aliphatic rings. The largest absolute Gasteiger partial charge is 0.508 e. The highest BCUT2D eigenvalue weighted by Crippen LogP contribution is 2.15. The average Bonchev–Trinajstić information content (AvgIpc) is 2.49. The van der Waals surface area contributed by atoms with E-state index in [0.29, 0.717) is 24.3 Å². The number of carbonyl (C=O) groups is 1. The molecule has 0 unspecified atom stereocenters. The van der Waals surface area contributed by atoms with Gasteiger partial charge in [-0.15, -0.1) is 0 Å². The Kier molecular flexibility index (Phi) is 4.82. The summed E-state index contributed by atoms with van der Waals surface area (Å²) in [6.45, 7) is 3.28. The molecule has 0 fully saturated rings. The van der Waals surface area contributed by atoms with Crippen LogP contribution in [-0.2, 0) is 6.54 Å². The summed E-state index contributed by atoms with van der Waals surface area (Å²) in [6.07, 6.45) is 0.888. The third kappa shape index (κ3) is 3.99. The third-order valence-corrected chi connectivity index (χ3v) is 3.25. The summed E-state index contributed by atoms with van der Waals surface area (Å²) < 4.78 is 0. The van der Waals surface area contributed by atoms with Crippen molar-refractivity contribution in [1.29, 1.82) is 0 Å². The number of carbonyl (C=O) groups excluding carboxylic acids is 1. The molecule has 2 rings (SSSR count). The second-order valence-corrected chi connectivity index (χ2v) is 5.02. The molecule has 0 saturated carbocycles. The van der Waals surface area contributed by atoms with Crippen molar-refractivity contribution in [2.24, 2.45) is 0 Å². The molecule has 2 aromatic rings. The molecule has 0 spiro atoms. The van der Waals surface area contributed by atoms with Crippen LogP contribution in [0.4, 0.5) is 5.69 Å². The van der Waals surface area contributed by atoms with E-state index in [1.54, 1.807) is 17.0 Å². The molecule has 0 saturated heterocycles. The first-order valence-corrected chi connectivity index (χ1v) is 7.03. The third-order valence-electron chi connectivity index (χ3n) is 3.25. The molecule has 110 valence electrons. The fourth-order valence-corrected chi connectivity index (χ4v) is 2.15. The quantitative estimate of drug-likeness (QED) is 0.829. The number of hydrogen-bond donors (Lipinski definition) is 2. The molecular formula is C17H20N2O2. The number of amides is 1. The van der Waals surface area contributed by atoms with E-state index in [0.717, 1.165) is 12.0 Å². The lowest BCUT2D eigenvalue weighted by atomic mass is 10.1. The molecule has 0 bridgehead atoms. The molecule has 2 aromatic carbocycles. The van der Waals surface area contributed by atoms with Crippen LogP contribution in [0.1, 0.15) is 29.3 Å². The monoisotopic (exact) mass is 284 g/mol. The number of phenols is 1. The van der Waals surface area contributed by atoms with Crippen LogP contribution in [0.5, 0.6) is 5.75 Å². The van der Waals surface area contributed by atoms with Crippen LogP contribution in [0.3, 0.4) is 0 Å². The number of benzene rings is 2. The minimum atomic E-state index is -0.0336. The topological polar surface area (TPSA) is 66.6 Å². The zero-order valence-corrected chi connectivity index (χ0v) is 12.1. The molecule has 0 heterocycles. The lowest BCUT2D eigenvalue weighted by Gasteiger charge is -2.22. The Bertz CT molecular complexity index is 591. The summed E-state index contributed by atoms with van der Waals surface area (Å²) in [5, 5.41) is 9.30. The van der Waals surface area contributed by atoms with Gasteiger partial charge >= 0.3 is 0 Å². The highest BCUT2D eigenvalue weighted by molar-refractivity contribution is 5.94. The zero-order valence-electron chi connectivity index (χ0n) is 12.1. The minimum absolute atomic E-state index is 0.0336. The van der Waals surface area contributed by atoms with Gasteiger partial charge in [0.15, 0.2) is 0 Å². The van der Waals surface area contributed by atoms with E-state index in [4.69, 9.17) is 5.73 Å². The van der Waals surface area contributed by atoms with Crippen LogP contribution in [0.2, 0.25) is 0 Å². The molecule has 0 radical (unpaired) electrons. The first kappa shape index (κ1) is 14.9. The Morgan fingerprint density at radius 2 is 1.71 bits per heavy atom. The van der Waals surface area contributed by atoms with Gasteiger partial charge in [-0.25, -0.2) is 0 Å². The van der Waals surface area contributed by atoms with E-state index in [2.05, 4.69) is 0 Å². The Morgan fingerprint density at radius 3 is 2.29 bits per heavy atom. The summed E-state index contributed by atoms with van der Waals surface area (Å²) in [7, 11) is 0. The Balaban J connectivity index is 2.15. The van der Waals surface area contributed by atoms with Crippen molar-refractivity contribution in [3.8, 4) is 5.75 Å². The van der Waals surface area contributed by atoms with Gasteiger partial charge in [0.1, 0.15) is 5.75 Å². The van der Waals surface area contributed by atoms with Crippen molar-refractivity contribution >= 4 is 11.6 Å². The average molecular weight is 284 g/mol. The minimum Gasteiger partial charge on any atom is -0.508 e. The summed E-state index contributed by atoms with van der Waals surface area (Å²) in [5.41, 5.74) is 8.02. The first-order chi connectivity index (χ1) is 10.1. The van der Waals surface area contributed by atoms with E-state index < -0.39 is 0 Å². The van der Waals surface area contributed by atoms with Crippen molar-refractivity contribution < 1.29 is 9.90 Å². The van der Waals surface area contributed by atoms with Crippen LogP contribution in [0.25, 0.3) is 0 Å². The smallest absolute Gasteiger partial charge is 0.254 e. The molecule has 21 heavy (non-hydrogen) atoms. The highest BCUT2D eigenvalue weighted by Gasteiger charge is 2.15. The predicted octanol–water partition coefficient (Wildman–Crippen LogP) is 3.03. The van der Waals surface area contributed by atoms with E-state index in [1.807, 2.05) is 31.2 Å². The van der Waals surface area contributed by atoms with Crippen LogP contribution in [0.15, 0.2) is 48.5 Å². The molecular weight excluding hydrogens is 264 g/mol. The van der Waals surface area contributed by atoms with Gasteiger partial charge in [0, 0.05) is 24.3 Å². The first-order valence-electron chi connectivity index (χ1n) is 7.03. The van der Waals surface area contributed by atoms with E-state index in [1.165, 1.54) is 12.1 Å². The van der Waals surface area contributed by atoms with Gasteiger partial charge in [-0.3, -0.25) is 4.79 Å². The number of rotatable bonds is 5. The molecule has 4 nitrogen and oxygen atoms in total. The van der Waals surface area contributed by atoms with Crippen LogP contribution >= 0.6 is 0 Å². The Hall–Kier alpha value is -2.49. The predicted molar refractivity (Wildman–Crippen MR) is 84.0 cm³/mol. The van der Waals surface area contributed by atoms with Gasteiger partial charge in [-0.2, -0.15) is 0 Å². The summed E-state index contributed by atoms with van der Waals surface area (Å²) in [4.78, 5) is 14.3. The zero-order chi connectivity index (χ0) is 15.2. The lowest BCUT2D eigenvalue weighted by Crippen LogP contribution is -2.31. The van der Waals surface area contributed by atoms with E-state index in [-0.39, 0.29) is 11.7 Å². The second-order valence-electron chi connectivity index (χ2n) is 5.02. The maximum absolute atomic E-state index is 12.5. The molecule has 1 amide bonds. The van der Waals surface area contributed by atoms with Gasteiger partial charge < -0.3 is 15.7 Å². The van der Waals surface area contributed by atoms with Crippen molar-refractivity contribution in [3.05, 3.63) is 59.7 Å². The fourth-order valence-electron chi connectivity index (χ4n) is 2.15. The number of nitrogens with two attached hydrogens (primary N) is 1. The Labute approximate surface area is 124 Å². The molecule has 0 aromatic heterocycles. The van der Waals surface area contributed by atoms with Gasteiger partial charge in [0.2, 0.25) is 0 Å². The molecule has 3 N–H and O–H groups in total. The van der Waals surface area contributed by atoms with Crippen LogP contribution in [-0.4, -0.2) is 22.5 Å². The van der Waals surface area contributed by atoms with Gasteiger partial charge in [0.25, 0.3) is 5.91 Å². The van der Waals surface area contributed by atoms with Crippen LogP contribution < -0.4 is 5.73 Å². The number of anilines is 1. The SMILES string of the molecule is CCCN(Cc1ccc(N)cc1)C(=O)c1ccc(O)cc1. The lowest BCUT2D eigenvalue weighted by molar-refractivity contribution is 0.0743. The summed E-state index contributed by atoms with van der Waals surface area (Å²) >= 11 is 0. The summed E-state index contributed by atoms with van der Waals surface area (Å²) in [5.74, 6) is 0.126. The van der Waals surface area contributed by atoms with Crippen molar-refractivity contribution in [3.63, 3.8) is 0 Å². The number of hydrogen-bond acceptors (Lipinski definition) is 3. The highest BCUT2D eigenvalue weighted by atomic mass is 16.3. The molecule has 0 atom stereocenters. The van der Waals surface area contributed by atoms with Crippen molar-refractivity contribution in [2.45, 2.75) is 19.9 Å².